The summed E-state index contributed by atoms with van der Waals surface area (Å²) in [7, 11) is -0.581. The predicted octanol–water partition coefficient (Wildman–Crippen LogP) is 3.94. The van der Waals surface area contributed by atoms with Gasteiger partial charge in [-0.15, -0.1) is 5.10 Å². The number of hydrogen-bond acceptors (Lipinski definition) is 7. The summed E-state index contributed by atoms with van der Waals surface area (Å²) in [5.74, 6) is -0.281. The van der Waals surface area contributed by atoms with Crippen LogP contribution in [0.15, 0.2) is 65.6 Å². The van der Waals surface area contributed by atoms with Gasteiger partial charge in [-0.05, 0) is 60.4 Å². The Kier molecular flexibility index (Phi) is 6.93. The van der Waals surface area contributed by atoms with Crippen molar-refractivity contribution in [3.05, 3.63) is 82.9 Å². The molecule has 1 aromatic heterocycles. The van der Waals surface area contributed by atoms with E-state index in [4.69, 9.17) is 9.47 Å². The highest BCUT2D eigenvalue weighted by Crippen LogP contribution is 2.34. The molecule has 0 aliphatic carbocycles. The van der Waals surface area contributed by atoms with Gasteiger partial charge in [0.05, 0.1) is 25.6 Å². The largest absolute Gasteiger partial charge is 0.488 e. The Morgan fingerprint density at radius 1 is 1.13 bits per heavy atom. The number of sulfonamides is 1. The molecule has 5 rings (SSSR count). The lowest BCUT2D eigenvalue weighted by atomic mass is 9.86. The van der Waals surface area contributed by atoms with E-state index in [1.807, 2.05) is 57.3 Å². The zero-order valence-electron chi connectivity index (χ0n) is 21.8. The highest BCUT2D eigenvalue weighted by molar-refractivity contribution is 7.89. The molecule has 198 valence electrons. The van der Waals surface area contributed by atoms with Crippen LogP contribution in [0.2, 0.25) is 0 Å². The van der Waals surface area contributed by atoms with Crippen molar-refractivity contribution in [1.29, 1.82) is 0 Å². The Labute approximate surface area is 222 Å². The summed E-state index contributed by atoms with van der Waals surface area (Å²) < 4.78 is 41.3. The summed E-state index contributed by atoms with van der Waals surface area (Å²) in [4.78, 5) is 12.6. The van der Waals surface area contributed by atoms with E-state index in [0.717, 1.165) is 33.3 Å². The van der Waals surface area contributed by atoms with Crippen LogP contribution < -0.4 is 4.74 Å². The summed E-state index contributed by atoms with van der Waals surface area (Å²) >= 11 is 0. The molecule has 1 aliphatic rings. The smallest absolute Gasteiger partial charge is 0.306 e. The van der Waals surface area contributed by atoms with Gasteiger partial charge in [-0.2, -0.15) is 4.31 Å². The van der Waals surface area contributed by atoms with Crippen LogP contribution in [-0.4, -0.2) is 53.4 Å². The molecule has 9 nitrogen and oxygen atoms in total. The molecule has 0 N–H and O–H groups in total. The van der Waals surface area contributed by atoms with Gasteiger partial charge < -0.3 is 9.47 Å². The SMILES string of the molecule is COC(=O)CC(c1ccc(C)c(CN2C[C@@H](C)Oc3ccccc3S2(=O)=O)c1)c1ccc2c(c1)nnn2C. The average molecular weight is 535 g/mol. The number of nitrogens with zero attached hydrogens (tertiary/aromatic N) is 4. The van der Waals surface area contributed by atoms with E-state index in [0.29, 0.717) is 5.75 Å². The first-order valence-electron chi connectivity index (χ1n) is 12.4. The number of rotatable bonds is 6. The molecule has 2 atom stereocenters. The average Bonchev–Trinajstić information content (AvgIpc) is 3.23. The first-order valence-corrected chi connectivity index (χ1v) is 13.8. The second kappa shape index (κ2) is 10.2. The quantitative estimate of drug-likeness (QED) is 0.345. The third-order valence-electron chi connectivity index (χ3n) is 7.01. The van der Waals surface area contributed by atoms with Crippen LogP contribution in [0.4, 0.5) is 0 Å². The van der Waals surface area contributed by atoms with Crippen molar-refractivity contribution in [2.45, 2.75) is 43.7 Å². The van der Waals surface area contributed by atoms with Gasteiger partial charge in [0.2, 0.25) is 10.0 Å². The van der Waals surface area contributed by atoms with Crippen LogP contribution in [0.3, 0.4) is 0 Å². The van der Waals surface area contributed by atoms with E-state index >= 15 is 0 Å². The van der Waals surface area contributed by atoms with E-state index in [1.165, 1.54) is 11.4 Å². The second-order valence-electron chi connectivity index (χ2n) is 9.65. The first-order chi connectivity index (χ1) is 18.2. The lowest BCUT2D eigenvalue weighted by Crippen LogP contribution is -2.35. The number of fused-ring (bicyclic) bond motifs is 2. The van der Waals surface area contributed by atoms with Gasteiger partial charge in [0.25, 0.3) is 0 Å². The maximum absolute atomic E-state index is 13.6. The number of ether oxygens (including phenoxy) is 2. The summed E-state index contributed by atoms with van der Waals surface area (Å²) in [5.41, 5.74) is 5.21. The van der Waals surface area contributed by atoms with E-state index in [9.17, 15) is 13.2 Å². The molecular weight excluding hydrogens is 504 g/mol. The molecule has 0 saturated carbocycles. The van der Waals surface area contributed by atoms with Gasteiger partial charge in [0.1, 0.15) is 22.3 Å². The lowest BCUT2D eigenvalue weighted by molar-refractivity contribution is -0.140. The highest BCUT2D eigenvalue weighted by atomic mass is 32.2. The zero-order valence-corrected chi connectivity index (χ0v) is 22.6. The second-order valence-corrected chi connectivity index (χ2v) is 11.6. The monoisotopic (exact) mass is 534 g/mol. The normalized spacial score (nSPS) is 17.8. The molecule has 38 heavy (non-hydrogen) atoms. The zero-order chi connectivity index (χ0) is 27.0. The van der Waals surface area contributed by atoms with Crippen molar-refractivity contribution in [1.82, 2.24) is 19.3 Å². The molecule has 0 bridgehead atoms. The third kappa shape index (κ3) is 4.89. The van der Waals surface area contributed by atoms with Gasteiger partial charge in [-0.1, -0.05) is 41.6 Å². The number of aryl methyl sites for hydroxylation is 2. The van der Waals surface area contributed by atoms with Crippen LogP contribution in [0.5, 0.6) is 5.75 Å². The number of hydrogen-bond donors (Lipinski definition) is 0. The number of esters is 1. The van der Waals surface area contributed by atoms with Crippen molar-refractivity contribution in [3.63, 3.8) is 0 Å². The molecule has 0 spiro atoms. The van der Waals surface area contributed by atoms with Gasteiger partial charge in [0.15, 0.2) is 0 Å². The van der Waals surface area contributed by atoms with Crippen LogP contribution in [0.1, 0.15) is 41.5 Å². The van der Waals surface area contributed by atoms with E-state index < -0.39 is 10.0 Å². The number of carbonyl (C=O) groups excluding carboxylic acids is 1. The summed E-state index contributed by atoms with van der Waals surface area (Å²) in [6.07, 6.45) is -0.187. The standard InChI is InChI=1S/C28H30N4O5S/c1-18-9-10-20(23(15-28(33)36-4)21-11-12-25-24(14-21)29-30-31(25)3)13-22(18)17-32-16-19(2)37-26-7-5-6-8-27(26)38(32,34)35/h5-14,19,23H,15-17H2,1-4H3/t19-,23?/m1/s1. The van der Waals surface area contributed by atoms with Gasteiger partial charge >= 0.3 is 5.97 Å². The maximum Gasteiger partial charge on any atom is 0.306 e. The van der Waals surface area contributed by atoms with Crippen LogP contribution in [0.25, 0.3) is 11.0 Å². The fraction of sp³-hybridized carbons (Fsp3) is 0.321. The van der Waals surface area contributed by atoms with E-state index in [-0.39, 0.29) is 42.4 Å². The van der Waals surface area contributed by atoms with Crippen molar-refractivity contribution in [2.75, 3.05) is 13.7 Å². The topological polar surface area (TPSA) is 104 Å². The fourth-order valence-corrected chi connectivity index (χ4v) is 6.52. The minimum absolute atomic E-state index is 0.130. The van der Waals surface area contributed by atoms with Gasteiger partial charge in [-0.25, -0.2) is 13.1 Å². The predicted molar refractivity (Wildman–Crippen MR) is 142 cm³/mol. The van der Waals surface area contributed by atoms with Gasteiger partial charge in [-0.3, -0.25) is 4.79 Å². The lowest BCUT2D eigenvalue weighted by Gasteiger charge is -2.24. The Morgan fingerprint density at radius 2 is 1.87 bits per heavy atom. The van der Waals surface area contributed by atoms with E-state index in [2.05, 4.69) is 10.3 Å². The molecule has 0 fully saturated rings. The molecule has 1 unspecified atom stereocenters. The Hall–Kier alpha value is -3.76. The first kappa shape index (κ1) is 25.9. The maximum atomic E-state index is 13.6. The van der Waals surface area contributed by atoms with Crippen molar-refractivity contribution in [2.24, 2.45) is 7.05 Å². The Morgan fingerprint density at radius 3 is 2.66 bits per heavy atom. The number of aromatic nitrogens is 3. The fourth-order valence-electron chi connectivity index (χ4n) is 4.91. The summed E-state index contributed by atoms with van der Waals surface area (Å²) in [6, 6.07) is 18.5. The molecule has 0 radical (unpaired) electrons. The van der Waals surface area contributed by atoms with E-state index in [1.54, 1.807) is 28.9 Å². The number of para-hydroxylation sites is 1. The van der Waals surface area contributed by atoms with Crippen LogP contribution in [-0.2, 0) is 33.1 Å². The van der Waals surface area contributed by atoms with Crippen molar-refractivity contribution >= 4 is 27.0 Å². The number of methoxy groups -OCH3 is 1. The molecule has 0 amide bonds. The van der Waals surface area contributed by atoms with Crippen LogP contribution in [0, 0.1) is 6.92 Å². The minimum atomic E-state index is -3.78. The molecule has 1 aliphatic heterocycles. The molecule has 0 saturated heterocycles. The number of carbonyl (C=O) groups is 1. The molecule has 4 aromatic rings. The van der Waals surface area contributed by atoms with Gasteiger partial charge in [0, 0.05) is 19.5 Å². The Balaban J connectivity index is 1.53. The highest BCUT2D eigenvalue weighted by Gasteiger charge is 2.33. The summed E-state index contributed by atoms with van der Waals surface area (Å²) in [6.45, 7) is 4.22. The minimum Gasteiger partial charge on any atom is -0.488 e. The Bertz CT molecular complexity index is 1610. The molecule has 10 heteroatoms. The molecule has 2 heterocycles. The summed E-state index contributed by atoms with van der Waals surface area (Å²) in [5, 5.41) is 8.31. The van der Waals surface area contributed by atoms with Crippen molar-refractivity contribution in [3.8, 4) is 5.75 Å². The van der Waals surface area contributed by atoms with Crippen molar-refractivity contribution < 1.29 is 22.7 Å². The number of benzene rings is 3. The third-order valence-corrected chi connectivity index (χ3v) is 8.86. The molecule has 3 aromatic carbocycles. The van der Waals surface area contributed by atoms with Crippen LogP contribution >= 0.6 is 0 Å². The molecular formula is C28H30N4O5S.